The second-order valence-corrected chi connectivity index (χ2v) is 4.88. The molecule has 2 heterocycles. The molecule has 2 aromatic rings. The highest BCUT2D eigenvalue weighted by Crippen LogP contribution is 2.10. The molecule has 0 aliphatic heterocycles. The minimum atomic E-state index is -0.314. The van der Waals surface area contributed by atoms with E-state index in [1.165, 1.54) is 0 Å². The van der Waals surface area contributed by atoms with E-state index in [-0.39, 0.29) is 24.8 Å². The molecule has 6 heteroatoms. The molecule has 0 spiro atoms. The highest BCUT2D eigenvalue weighted by Gasteiger charge is 2.17. The van der Waals surface area contributed by atoms with E-state index in [0.29, 0.717) is 18.7 Å². The molecule has 0 atom stereocenters. The summed E-state index contributed by atoms with van der Waals surface area (Å²) in [4.78, 5) is 33.8. The molecule has 0 aliphatic carbocycles. The van der Waals surface area contributed by atoms with E-state index in [1.807, 2.05) is 12.1 Å². The number of esters is 1. The Morgan fingerprint density at radius 2 is 1.91 bits per heavy atom. The van der Waals surface area contributed by atoms with E-state index >= 15 is 0 Å². The summed E-state index contributed by atoms with van der Waals surface area (Å²) in [5.74, 6) is -0.466. The van der Waals surface area contributed by atoms with Crippen LogP contribution in [0, 0.1) is 0 Å². The molecule has 0 aliphatic rings. The van der Waals surface area contributed by atoms with Gasteiger partial charge < -0.3 is 9.64 Å². The van der Waals surface area contributed by atoms with Gasteiger partial charge in [-0.05, 0) is 30.7 Å². The molecule has 0 fully saturated rings. The van der Waals surface area contributed by atoms with Crippen molar-refractivity contribution < 1.29 is 14.3 Å². The predicted molar refractivity (Wildman–Crippen MR) is 84.5 cm³/mol. The highest BCUT2D eigenvalue weighted by molar-refractivity contribution is 5.94. The van der Waals surface area contributed by atoms with Crippen molar-refractivity contribution in [1.29, 1.82) is 0 Å². The van der Waals surface area contributed by atoms with Crippen LogP contribution in [0.4, 0.5) is 0 Å². The van der Waals surface area contributed by atoms with Gasteiger partial charge in [-0.2, -0.15) is 0 Å². The fourth-order valence-electron chi connectivity index (χ4n) is 2.10. The number of hydrogen-bond donors (Lipinski definition) is 0. The normalized spacial score (nSPS) is 10.1. The van der Waals surface area contributed by atoms with Crippen molar-refractivity contribution in [2.75, 3.05) is 13.2 Å². The Hall–Kier alpha value is -2.76. The lowest BCUT2D eigenvalue weighted by Crippen LogP contribution is -2.33. The first kappa shape index (κ1) is 16.6. The van der Waals surface area contributed by atoms with Crippen LogP contribution in [-0.4, -0.2) is 39.9 Å². The number of aromatic nitrogens is 2. The number of carbonyl (C=O) groups excluding carboxylic acids is 2. The van der Waals surface area contributed by atoms with E-state index in [0.717, 1.165) is 5.56 Å². The van der Waals surface area contributed by atoms with Crippen molar-refractivity contribution in [2.45, 2.75) is 19.9 Å². The summed E-state index contributed by atoms with van der Waals surface area (Å²) >= 11 is 0. The smallest absolute Gasteiger partial charge is 0.307 e. The molecular formula is C17H19N3O3. The van der Waals surface area contributed by atoms with Gasteiger partial charge in [0.25, 0.3) is 5.91 Å². The van der Waals surface area contributed by atoms with E-state index in [2.05, 4.69) is 9.97 Å². The molecule has 120 valence electrons. The first-order valence-electron chi connectivity index (χ1n) is 7.44. The lowest BCUT2D eigenvalue weighted by molar-refractivity contribution is -0.143. The van der Waals surface area contributed by atoms with E-state index in [9.17, 15) is 9.59 Å². The quantitative estimate of drug-likeness (QED) is 0.732. The van der Waals surface area contributed by atoms with Gasteiger partial charge in [0.2, 0.25) is 0 Å². The molecule has 0 radical (unpaired) electrons. The Kier molecular flexibility index (Phi) is 6.23. The summed E-state index contributed by atoms with van der Waals surface area (Å²) in [6.07, 6.45) is 6.68. The third-order valence-electron chi connectivity index (χ3n) is 3.20. The molecule has 0 saturated carbocycles. The zero-order valence-electron chi connectivity index (χ0n) is 13.0. The van der Waals surface area contributed by atoms with Crippen molar-refractivity contribution in [3.63, 3.8) is 0 Å². The number of hydrogen-bond acceptors (Lipinski definition) is 5. The van der Waals surface area contributed by atoms with Gasteiger partial charge in [-0.25, -0.2) is 0 Å². The lowest BCUT2D eigenvalue weighted by Gasteiger charge is -2.22. The van der Waals surface area contributed by atoms with Crippen LogP contribution in [0.2, 0.25) is 0 Å². The highest BCUT2D eigenvalue weighted by atomic mass is 16.5. The molecule has 0 unspecified atom stereocenters. The first-order chi connectivity index (χ1) is 11.2. The number of rotatable bonds is 7. The van der Waals surface area contributed by atoms with Gasteiger partial charge in [-0.1, -0.05) is 6.07 Å². The summed E-state index contributed by atoms with van der Waals surface area (Å²) < 4.78 is 4.93. The third kappa shape index (κ3) is 5.18. The zero-order chi connectivity index (χ0) is 16.5. The number of pyridine rings is 2. The van der Waals surface area contributed by atoms with E-state index < -0.39 is 0 Å². The van der Waals surface area contributed by atoms with Crippen LogP contribution in [-0.2, 0) is 16.1 Å². The van der Waals surface area contributed by atoms with Crippen molar-refractivity contribution in [1.82, 2.24) is 14.9 Å². The van der Waals surface area contributed by atoms with E-state index in [1.54, 1.807) is 48.7 Å². The Bertz CT molecular complexity index is 632. The van der Waals surface area contributed by atoms with Gasteiger partial charge >= 0.3 is 5.97 Å². The fourth-order valence-corrected chi connectivity index (χ4v) is 2.10. The Balaban J connectivity index is 2.10. The summed E-state index contributed by atoms with van der Waals surface area (Å²) in [5, 5.41) is 0. The van der Waals surface area contributed by atoms with Crippen molar-refractivity contribution in [2.24, 2.45) is 0 Å². The Morgan fingerprint density at radius 3 is 2.57 bits per heavy atom. The minimum Gasteiger partial charge on any atom is -0.466 e. The first-order valence-corrected chi connectivity index (χ1v) is 7.44. The van der Waals surface area contributed by atoms with Crippen LogP contribution in [0.1, 0.15) is 29.3 Å². The summed E-state index contributed by atoms with van der Waals surface area (Å²) in [6, 6.07) is 7.02. The average molecular weight is 313 g/mol. The van der Waals surface area contributed by atoms with Crippen molar-refractivity contribution in [3.05, 3.63) is 60.2 Å². The fraction of sp³-hybridized carbons (Fsp3) is 0.294. The minimum absolute atomic E-state index is 0.152. The van der Waals surface area contributed by atoms with Crippen LogP contribution in [0.15, 0.2) is 49.1 Å². The Labute approximate surface area is 135 Å². The van der Waals surface area contributed by atoms with Crippen LogP contribution < -0.4 is 0 Å². The maximum Gasteiger partial charge on any atom is 0.307 e. The van der Waals surface area contributed by atoms with Gasteiger partial charge in [0.15, 0.2) is 0 Å². The molecule has 23 heavy (non-hydrogen) atoms. The second-order valence-electron chi connectivity index (χ2n) is 4.88. The largest absolute Gasteiger partial charge is 0.466 e. The number of amides is 1. The van der Waals surface area contributed by atoms with Gasteiger partial charge in [-0.3, -0.25) is 19.6 Å². The molecule has 0 saturated heterocycles. The zero-order valence-corrected chi connectivity index (χ0v) is 13.0. The monoisotopic (exact) mass is 313 g/mol. The molecular weight excluding hydrogens is 294 g/mol. The van der Waals surface area contributed by atoms with Gasteiger partial charge in [-0.15, -0.1) is 0 Å². The van der Waals surface area contributed by atoms with E-state index in [4.69, 9.17) is 4.74 Å². The molecule has 1 amide bonds. The molecule has 2 rings (SSSR count). The van der Waals surface area contributed by atoms with Crippen LogP contribution in [0.3, 0.4) is 0 Å². The molecule has 0 bridgehead atoms. The third-order valence-corrected chi connectivity index (χ3v) is 3.20. The van der Waals surface area contributed by atoms with Crippen LogP contribution in [0.5, 0.6) is 0 Å². The maximum atomic E-state index is 12.6. The Morgan fingerprint density at radius 1 is 1.13 bits per heavy atom. The van der Waals surface area contributed by atoms with Crippen molar-refractivity contribution in [3.8, 4) is 0 Å². The summed E-state index contributed by atoms with van der Waals surface area (Å²) in [6.45, 7) is 2.76. The molecule has 6 nitrogen and oxygen atoms in total. The van der Waals surface area contributed by atoms with Gasteiger partial charge in [0.05, 0.1) is 13.0 Å². The maximum absolute atomic E-state index is 12.6. The summed E-state index contributed by atoms with van der Waals surface area (Å²) in [5.41, 5.74) is 1.44. The predicted octanol–water partition coefficient (Wildman–Crippen LogP) is 2.07. The summed E-state index contributed by atoms with van der Waals surface area (Å²) in [7, 11) is 0. The standard InChI is InChI=1S/C17H19N3O3/c1-2-23-16(21)7-11-20(13-14-4-3-8-19-12-14)17(22)15-5-9-18-10-6-15/h3-6,8-10,12H,2,7,11,13H2,1H3. The SMILES string of the molecule is CCOC(=O)CCN(Cc1cccnc1)C(=O)c1ccncc1. The van der Waals surface area contributed by atoms with Gasteiger partial charge in [0.1, 0.15) is 0 Å². The topological polar surface area (TPSA) is 72.4 Å². The van der Waals surface area contributed by atoms with Gasteiger partial charge in [0, 0.05) is 43.4 Å². The number of ether oxygens (including phenoxy) is 1. The number of nitrogens with zero attached hydrogens (tertiary/aromatic N) is 3. The second kappa shape index (κ2) is 8.63. The van der Waals surface area contributed by atoms with Crippen LogP contribution in [0.25, 0.3) is 0 Å². The average Bonchev–Trinajstić information content (AvgIpc) is 2.60. The number of carbonyl (C=O) groups is 2. The molecule has 0 aromatic carbocycles. The van der Waals surface area contributed by atoms with Crippen LogP contribution >= 0.6 is 0 Å². The van der Waals surface area contributed by atoms with Crippen molar-refractivity contribution >= 4 is 11.9 Å². The lowest BCUT2D eigenvalue weighted by atomic mass is 10.2. The molecule has 2 aromatic heterocycles. The molecule has 0 N–H and O–H groups in total.